The molecule has 0 aliphatic carbocycles. The number of nitrogens with zero attached hydrogens (tertiary/aromatic N) is 2. The van der Waals surface area contributed by atoms with Gasteiger partial charge in [0.15, 0.2) is 5.76 Å². The number of para-hydroxylation sites is 1. The number of amides is 1. The summed E-state index contributed by atoms with van der Waals surface area (Å²) in [6.07, 6.45) is 2.11. The maximum Gasteiger partial charge on any atom is 0.262 e. The molecule has 7 nitrogen and oxygen atoms in total. The van der Waals surface area contributed by atoms with Gasteiger partial charge in [0.05, 0.1) is 25.6 Å². The van der Waals surface area contributed by atoms with Crippen molar-refractivity contribution < 1.29 is 18.4 Å². The van der Waals surface area contributed by atoms with E-state index in [2.05, 4.69) is 10.4 Å². The number of hydrazone groups is 1. The van der Waals surface area contributed by atoms with Gasteiger partial charge in [-0.3, -0.25) is 4.79 Å². The summed E-state index contributed by atoms with van der Waals surface area (Å²) in [7, 11) is 1.61. The Morgan fingerprint density at radius 2 is 2.06 bits per heavy atom. The maximum absolute atomic E-state index is 13.2. The highest BCUT2D eigenvalue weighted by molar-refractivity contribution is 6.03. The molecule has 1 atom stereocenters. The molecule has 0 fully saturated rings. The molecule has 0 bridgehead atoms. The van der Waals surface area contributed by atoms with Gasteiger partial charge < -0.3 is 18.9 Å². The van der Waals surface area contributed by atoms with Crippen LogP contribution in [-0.2, 0) is 4.79 Å². The van der Waals surface area contributed by atoms with Crippen molar-refractivity contribution in [3.05, 3.63) is 84.0 Å². The van der Waals surface area contributed by atoms with Crippen LogP contribution in [0, 0.1) is 6.92 Å². The number of furan rings is 2. The summed E-state index contributed by atoms with van der Waals surface area (Å²) < 4.78 is 17.0. The summed E-state index contributed by atoms with van der Waals surface area (Å²) >= 11 is 0. The summed E-state index contributed by atoms with van der Waals surface area (Å²) in [4.78, 5) is 13.2. The third-order valence-electron chi connectivity index (χ3n) is 5.53. The number of benzene rings is 2. The molecular weight excluding hydrogens is 406 g/mol. The molecule has 0 saturated heterocycles. The van der Waals surface area contributed by atoms with E-state index in [9.17, 15) is 4.79 Å². The van der Waals surface area contributed by atoms with Crippen LogP contribution in [0.25, 0.3) is 11.0 Å². The summed E-state index contributed by atoms with van der Waals surface area (Å²) in [6, 6.07) is 18.9. The lowest BCUT2D eigenvalue weighted by atomic mass is 10.1. The Morgan fingerprint density at radius 3 is 2.84 bits per heavy atom. The van der Waals surface area contributed by atoms with E-state index in [-0.39, 0.29) is 18.5 Å². The third-order valence-corrected chi connectivity index (χ3v) is 5.53. The summed E-state index contributed by atoms with van der Waals surface area (Å²) in [5, 5.41) is 10.3. The van der Waals surface area contributed by atoms with Crippen LogP contribution < -0.4 is 10.1 Å². The van der Waals surface area contributed by atoms with Gasteiger partial charge >= 0.3 is 0 Å². The predicted octanol–water partition coefficient (Wildman–Crippen LogP) is 5.13. The second-order valence-electron chi connectivity index (χ2n) is 7.73. The number of hydrogen-bond acceptors (Lipinski definition) is 6. The number of methoxy groups -OCH3 is 1. The Kier molecular flexibility index (Phi) is 5.15. The average molecular weight is 429 g/mol. The van der Waals surface area contributed by atoms with Gasteiger partial charge in [0.2, 0.25) is 0 Å². The molecule has 1 aliphatic heterocycles. The van der Waals surface area contributed by atoms with Crippen molar-refractivity contribution in [1.29, 1.82) is 0 Å². The molecule has 0 saturated carbocycles. The van der Waals surface area contributed by atoms with Crippen LogP contribution in [0.2, 0.25) is 0 Å². The molecule has 1 aliphatic rings. The minimum absolute atomic E-state index is 0.0634. The average Bonchev–Trinajstić information content (AvgIpc) is 3.56. The molecule has 32 heavy (non-hydrogen) atoms. The maximum atomic E-state index is 13.2. The number of aryl methyl sites for hydroxylation is 1. The van der Waals surface area contributed by atoms with Crippen molar-refractivity contribution in [2.75, 3.05) is 19.0 Å². The standard InChI is InChI=1S/C25H23N3O4/c1-16-9-10-22(30-2)18(12-16)26-15-25(29)28-20(23-8-5-11-31-23)14-19(27-28)24-13-17-6-3-4-7-21(17)32-24/h3-13,20,26H,14-15H2,1-2H3. The molecule has 7 heteroatoms. The number of fused-ring (bicyclic) bond motifs is 1. The highest BCUT2D eigenvalue weighted by Crippen LogP contribution is 2.34. The van der Waals surface area contributed by atoms with E-state index in [1.54, 1.807) is 13.4 Å². The Bertz CT molecular complexity index is 1260. The topological polar surface area (TPSA) is 80.2 Å². The quantitative estimate of drug-likeness (QED) is 0.459. The van der Waals surface area contributed by atoms with E-state index >= 15 is 0 Å². The van der Waals surface area contributed by atoms with Crippen LogP contribution in [0.15, 0.2) is 80.9 Å². The zero-order valence-corrected chi connectivity index (χ0v) is 17.9. The summed E-state index contributed by atoms with van der Waals surface area (Å²) in [5.41, 5.74) is 3.33. The molecule has 5 rings (SSSR count). The second-order valence-corrected chi connectivity index (χ2v) is 7.73. The molecule has 0 spiro atoms. The van der Waals surface area contributed by atoms with Crippen LogP contribution >= 0.6 is 0 Å². The smallest absolute Gasteiger partial charge is 0.262 e. The second kappa shape index (κ2) is 8.26. The fraction of sp³-hybridized carbons (Fsp3) is 0.200. The van der Waals surface area contributed by atoms with Crippen LogP contribution in [0.4, 0.5) is 5.69 Å². The Balaban J connectivity index is 1.41. The monoisotopic (exact) mass is 429 g/mol. The lowest BCUT2D eigenvalue weighted by Crippen LogP contribution is -2.32. The molecule has 162 valence electrons. The number of rotatable bonds is 6. The molecule has 4 aromatic rings. The summed E-state index contributed by atoms with van der Waals surface area (Å²) in [5.74, 6) is 1.84. The van der Waals surface area contributed by atoms with Crippen molar-refractivity contribution in [2.24, 2.45) is 5.10 Å². The van der Waals surface area contributed by atoms with Crippen LogP contribution in [-0.4, -0.2) is 30.3 Å². The SMILES string of the molecule is COc1ccc(C)cc1NCC(=O)N1N=C(c2cc3ccccc3o2)CC1c1ccco1. The van der Waals surface area contributed by atoms with E-state index in [1.165, 1.54) is 5.01 Å². The molecule has 2 aromatic heterocycles. The van der Waals surface area contributed by atoms with Crippen molar-refractivity contribution in [3.8, 4) is 5.75 Å². The number of carbonyl (C=O) groups is 1. The van der Waals surface area contributed by atoms with Crippen LogP contribution in [0.1, 0.15) is 29.5 Å². The van der Waals surface area contributed by atoms with E-state index in [1.807, 2.05) is 67.6 Å². The van der Waals surface area contributed by atoms with Crippen molar-refractivity contribution in [3.63, 3.8) is 0 Å². The number of anilines is 1. The Hall–Kier alpha value is -4.00. The molecule has 3 heterocycles. The molecule has 1 N–H and O–H groups in total. The van der Waals surface area contributed by atoms with Gasteiger partial charge in [-0.05, 0) is 48.9 Å². The first-order valence-corrected chi connectivity index (χ1v) is 10.4. The molecule has 0 radical (unpaired) electrons. The molecule has 2 aromatic carbocycles. The predicted molar refractivity (Wildman–Crippen MR) is 122 cm³/mol. The minimum Gasteiger partial charge on any atom is -0.495 e. The first-order chi connectivity index (χ1) is 15.6. The summed E-state index contributed by atoms with van der Waals surface area (Å²) in [6.45, 7) is 2.05. The first-order valence-electron chi connectivity index (χ1n) is 10.4. The fourth-order valence-corrected chi connectivity index (χ4v) is 3.93. The Morgan fingerprint density at radius 1 is 1.19 bits per heavy atom. The van der Waals surface area contributed by atoms with E-state index in [0.717, 1.165) is 22.2 Å². The molecule has 1 unspecified atom stereocenters. The highest BCUT2D eigenvalue weighted by Gasteiger charge is 2.35. The fourth-order valence-electron chi connectivity index (χ4n) is 3.93. The van der Waals surface area contributed by atoms with Gasteiger partial charge in [-0.2, -0.15) is 5.10 Å². The van der Waals surface area contributed by atoms with Gasteiger partial charge in [0.25, 0.3) is 5.91 Å². The van der Waals surface area contributed by atoms with Gasteiger partial charge in [-0.15, -0.1) is 0 Å². The number of carbonyl (C=O) groups excluding carboxylic acids is 1. The van der Waals surface area contributed by atoms with Crippen molar-refractivity contribution in [2.45, 2.75) is 19.4 Å². The van der Waals surface area contributed by atoms with Crippen molar-refractivity contribution in [1.82, 2.24) is 5.01 Å². The lowest BCUT2D eigenvalue weighted by Gasteiger charge is -2.20. The number of hydrogen-bond donors (Lipinski definition) is 1. The number of ether oxygens (including phenoxy) is 1. The third kappa shape index (κ3) is 3.73. The normalized spacial score (nSPS) is 15.8. The van der Waals surface area contributed by atoms with Crippen LogP contribution in [0.5, 0.6) is 5.75 Å². The van der Waals surface area contributed by atoms with Crippen LogP contribution in [0.3, 0.4) is 0 Å². The zero-order valence-electron chi connectivity index (χ0n) is 17.9. The minimum atomic E-state index is -0.332. The van der Waals surface area contributed by atoms with E-state index < -0.39 is 0 Å². The molecular formula is C25H23N3O4. The lowest BCUT2D eigenvalue weighted by molar-refractivity contribution is -0.131. The van der Waals surface area contributed by atoms with Gasteiger partial charge in [0, 0.05) is 11.8 Å². The number of nitrogens with one attached hydrogen (secondary N) is 1. The largest absolute Gasteiger partial charge is 0.495 e. The van der Waals surface area contributed by atoms with Gasteiger partial charge in [0.1, 0.15) is 28.8 Å². The zero-order chi connectivity index (χ0) is 22.1. The van der Waals surface area contributed by atoms with Gasteiger partial charge in [-0.1, -0.05) is 24.3 Å². The Labute approximate surface area is 185 Å². The van der Waals surface area contributed by atoms with E-state index in [0.29, 0.717) is 29.4 Å². The van der Waals surface area contributed by atoms with Crippen molar-refractivity contribution >= 4 is 28.3 Å². The highest BCUT2D eigenvalue weighted by atomic mass is 16.5. The van der Waals surface area contributed by atoms with E-state index in [4.69, 9.17) is 13.6 Å². The first kappa shape index (κ1) is 19.9. The molecule has 1 amide bonds. The van der Waals surface area contributed by atoms with Gasteiger partial charge in [-0.25, -0.2) is 5.01 Å².